The number of hydrogen-bond acceptors (Lipinski definition) is 9. The first-order valence-corrected chi connectivity index (χ1v) is 23.4. The number of carbonyl (C=O) groups is 2. The van der Waals surface area contributed by atoms with Crippen molar-refractivity contribution in [3.8, 4) is 56.0 Å². The van der Waals surface area contributed by atoms with Gasteiger partial charge in [0.25, 0.3) is 0 Å². The molecular weight excluding hydrogens is 875 g/mol. The third-order valence-corrected chi connectivity index (χ3v) is 12.8. The van der Waals surface area contributed by atoms with Crippen LogP contribution in [0.5, 0.6) is 11.5 Å². The summed E-state index contributed by atoms with van der Waals surface area (Å²) in [5.41, 5.74) is 15.7. The number of ether oxygens (including phenoxy) is 4. The van der Waals surface area contributed by atoms with Crippen LogP contribution in [0.3, 0.4) is 0 Å². The van der Waals surface area contributed by atoms with Crippen molar-refractivity contribution in [1.82, 2.24) is 24.9 Å². The van der Waals surface area contributed by atoms with Crippen LogP contribution in [0.15, 0.2) is 140 Å². The Morgan fingerprint density at radius 3 is 1.24 bits per heavy atom. The molecule has 0 amide bonds. The topological polar surface area (TPSA) is 141 Å². The monoisotopic (exact) mass is 921 g/mol. The summed E-state index contributed by atoms with van der Waals surface area (Å²) < 4.78 is 23.5. The van der Waals surface area contributed by atoms with Gasteiger partial charge in [0.15, 0.2) is 0 Å². The van der Waals surface area contributed by atoms with Crippen molar-refractivity contribution < 1.29 is 28.5 Å². The van der Waals surface area contributed by atoms with Crippen molar-refractivity contribution in [2.45, 2.75) is 25.7 Å². The van der Waals surface area contributed by atoms with Crippen molar-refractivity contribution in [3.63, 3.8) is 0 Å². The predicted molar refractivity (Wildman–Crippen MR) is 275 cm³/mol. The predicted octanol–water partition coefficient (Wildman–Crippen LogP) is 12.6. The number of H-pyrrole nitrogens is 2. The maximum absolute atomic E-state index is 12.6. The van der Waals surface area contributed by atoms with Crippen LogP contribution in [0.2, 0.25) is 0 Å². The highest BCUT2D eigenvalue weighted by Crippen LogP contribution is 2.42. The van der Waals surface area contributed by atoms with E-state index in [2.05, 4.69) is 64.6 Å². The fourth-order valence-corrected chi connectivity index (χ4v) is 9.44. The molecule has 0 radical (unpaired) electrons. The van der Waals surface area contributed by atoms with E-state index < -0.39 is 11.9 Å². The van der Waals surface area contributed by atoms with Gasteiger partial charge >= 0.3 is 11.9 Å². The van der Waals surface area contributed by atoms with Crippen LogP contribution < -0.4 is 9.47 Å². The Hall–Kier alpha value is -8.83. The number of hydrogen-bond donors (Lipinski definition) is 2. The molecule has 0 fully saturated rings. The van der Waals surface area contributed by atoms with Gasteiger partial charge in [-0.3, -0.25) is 4.98 Å². The number of aryl methyl sites for hydroxylation is 2. The van der Waals surface area contributed by atoms with Crippen molar-refractivity contribution in [2.24, 2.45) is 0 Å². The first kappa shape index (κ1) is 43.7. The minimum atomic E-state index is -0.418. The Bertz CT molecular complexity index is 3340. The van der Waals surface area contributed by atoms with Crippen molar-refractivity contribution in [1.29, 1.82) is 0 Å². The van der Waals surface area contributed by atoms with Gasteiger partial charge in [0.05, 0.1) is 61.3 Å². The highest BCUT2D eigenvalue weighted by atomic mass is 16.5. The summed E-state index contributed by atoms with van der Waals surface area (Å²) in [5.74, 6) is 0.597. The quantitative estimate of drug-likeness (QED) is 0.165. The molecule has 8 aromatic rings. The molecular formula is C59H47N5O6. The molecule has 4 aromatic heterocycles. The van der Waals surface area contributed by atoms with Crippen LogP contribution in [0.1, 0.15) is 67.7 Å². The highest BCUT2D eigenvalue weighted by molar-refractivity contribution is 6.01. The Morgan fingerprint density at radius 1 is 0.443 bits per heavy atom. The minimum absolute atomic E-state index is 0.418. The van der Waals surface area contributed by atoms with Crippen molar-refractivity contribution in [3.05, 3.63) is 185 Å². The second-order valence-corrected chi connectivity index (χ2v) is 17.2. The van der Waals surface area contributed by atoms with E-state index in [4.69, 9.17) is 33.9 Å². The van der Waals surface area contributed by atoms with E-state index in [1.54, 1.807) is 24.3 Å². The van der Waals surface area contributed by atoms with Gasteiger partial charge in [-0.1, -0.05) is 66.7 Å². The number of esters is 2. The first-order chi connectivity index (χ1) is 34.4. The van der Waals surface area contributed by atoms with Gasteiger partial charge in [0.1, 0.15) is 11.5 Å². The Balaban J connectivity index is 1.25. The number of nitrogens with zero attached hydrogens (tertiary/aromatic N) is 3. The van der Waals surface area contributed by atoms with Gasteiger partial charge in [-0.05, 0) is 134 Å². The minimum Gasteiger partial charge on any atom is -0.493 e. The molecule has 0 atom stereocenters. The van der Waals surface area contributed by atoms with E-state index in [-0.39, 0.29) is 0 Å². The first-order valence-electron chi connectivity index (χ1n) is 23.4. The van der Waals surface area contributed by atoms with Crippen LogP contribution in [0, 0.1) is 0 Å². The largest absolute Gasteiger partial charge is 0.493 e. The molecule has 12 rings (SSSR count). The lowest BCUT2D eigenvalue weighted by Gasteiger charge is -2.14. The lowest BCUT2D eigenvalue weighted by Crippen LogP contribution is -2.04. The molecule has 0 aliphatic carbocycles. The summed E-state index contributed by atoms with van der Waals surface area (Å²) in [6.45, 7) is 0.939. The average molecular weight is 922 g/mol. The fourth-order valence-electron chi connectivity index (χ4n) is 9.44. The summed E-state index contributed by atoms with van der Waals surface area (Å²) in [6, 6.07) is 45.4. The van der Waals surface area contributed by atoms with Gasteiger partial charge < -0.3 is 28.9 Å². The number of benzene rings is 4. The highest BCUT2D eigenvalue weighted by Gasteiger charge is 2.22. The molecule has 344 valence electrons. The molecule has 0 saturated heterocycles. The van der Waals surface area contributed by atoms with Crippen molar-refractivity contribution in [2.75, 3.05) is 27.4 Å². The third kappa shape index (κ3) is 8.53. The SMILES string of the molecule is COC(=O)c1ccc(-c2c3nc(c4c5ccc([nH]5)c(-c5ccc(C(=O)OC)cc5)c5nc(c(c6ccc2[nH]6)-c2ccccc2OCCCc2cccc(n2)CCCOc2ccccc2-4)C=C5)C=C3)cc1. The van der Waals surface area contributed by atoms with Crippen molar-refractivity contribution >= 4 is 58.3 Å². The molecule has 8 heterocycles. The number of methoxy groups -OCH3 is 2. The summed E-state index contributed by atoms with van der Waals surface area (Å²) in [6.07, 6.45) is 11.2. The van der Waals surface area contributed by atoms with E-state index in [1.807, 2.05) is 85.0 Å². The zero-order valence-electron chi connectivity index (χ0n) is 38.6. The van der Waals surface area contributed by atoms with Gasteiger partial charge in [-0.15, -0.1) is 0 Å². The molecule has 0 unspecified atom stereocenters. The second kappa shape index (κ2) is 19.0. The smallest absolute Gasteiger partial charge is 0.337 e. The number of fused-ring (bicyclic) bond motifs is 6. The van der Waals surface area contributed by atoms with Gasteiger partial charge in [-0.2, -0.15) is 0 Å². The molecule has 11 heteroatoms. The summed E-state index contributed by atoms with van der Waals surface area (Å²) in [5, 5.41) is 0. The number of nitrogens with one attached hydrogen (secondary N) is 2. The number of para-hydroxylation sites is 2. The van der Waals surface area contributed by atoms with E-state index >= 15 is 0 Å². The number of carbonyl (C=O) groups excluding carboxylic acids is 2. The molecule has 11 nitrogen and oxygen atoms in total. The summed E-state index contributed by atoms with van der Waals surface area (Å²) >= 11 is 0. The second-order valence-electron chi connectivity index (χ2n) is 17.2. The standard InChI is InChI=1S/C59H47N5O6/c1-67-58(65)38-22-18-36(19-23-38)54-44-26-30-48(61-44)56-42-14-3-5-16-52(42)69-34-8-12-40-10-7-11-41(60-40)13-9-35-70-53-17-6-4-15-43(53)57(49-31-27-45(54)62-49)51-33-29-47(64-51)55(46-28-32-50(56)63-46)37-20-24-39(25-21-37)59(66)68-2/h3-7,10-11,14-33,61,64H,8-9,12-13,34-35H2,1-2H3. The van der Waals surface area contributed by atoms with Crippen LogP contribution in [-0.2, 0) is 22.3 Å². The molecule has 12 bridgehead atoms. The van der Waals surface area contributed by atoms with E-state index in [0.717, 1.165) is 104 Å². The Kier molecular flexibility index (Phi) is 11.9. The fraction of sp³-hybridized carbons (Fsp3) is 0.136. The third-order valence-electron chi connectivity index (χ3n) is 12.8. The maximum Gasteiger partial charge on any atom is 0.337 e. The lowest BCUT2D eigenvalue weighted by molar-refractivity contribution is 0.0592. The molecule has 70 heavy (non-hydrogen) atoms. The van der Waals surface area contributed by atoms with Gasteiger partial charge in [0, 0.05) is 66.8 Å². The normalized spacial score (nSPS) is 13.2. The summed E-state index contributed by atoms with van der Waals surface area (Å²) in [7, 11) is 2.76. The molecule has 0 spiro atoms. The van der Waals surface area contributed by atoms with Gasteiger partial charge in [-0.25, -0.2) is 19.6 Å². The summed E-state index contributed by atoms with van der Waals surface area (Å²) in [4.78, 5) is 48.8. The number of rotatable bonds is 4. The zero-order chi connectivity index (χ0) is 47.6. The molecule has 2 N–H and O–H groups in total. The van der Waals surface area contributed by atoms with E-state index in [1.165, 1.54) is 14.2 Å². The molecule has 4 aromatic carbocycles. The van der Waals surface area contributed by atoms with Crippen LogP contribution >= 0.6 is 0 Å². The number of aromatic amines is 2. The number of aromatic nitrogens is 5. The lowest BCUT2D eigenvalue weighted by atomic mass is 10.0. The van der Waals surface area contributed by atoms with Gasteiger partial charge in [0.2, 0.25) is 0 Å². The maximum atomic E-state index is 12.6. The molecule has 0 saturated carbocycles. The zero-order valence-corrected chi connectivity index (χ0v) is 38.6. The van der Waals surface area contributed by atoms with E-state index in [9.17, 15) is 9.59 Å². The molecule has 4 aliphatic heterocycles. The Labute approximate surface area is 404 Å². The Morgan fingerprint density at radius 2 is 0.829 bits per heavy atom. The van der Waals surface area contributed by atoms with Crippen LogP contribution in [0.4, 0.5) is 0 Å². The average Bonchev–Trinajstić information content (AvgIpc) is 4.26. The number of pyridine rings is 1. The van der Waals surface area contributed by atoms with Crippen LogP contribution in [0.25, 0.3) is 90.9 Å². The molecule has 4 aliphatic rings. The van der Waals surface area contributed by atoms with Crippen LogP contribution in [-0.4, -0.2) is 64.3 Å². The van der Waals surface area contributed by atoms with E-state index in [0.29, 0.717) is 58.6 Å².